The van der Waals surface area contributed by atoms with Crippen LogP contribution in [0.15, 0.2) is 40.9 Å². The summed E-state index contributed by atoms with van der Waals surface area (Å²) in [6.07, 6.45) is 0. The molecule has 0 aliphatic rings. The van der Waals surface area contributed by atoms with Gasteiger partial charge in [-0.25, -0.2) is 4.39 Å². The summed E-state index contributed by atoms with van der Waals surface area (Å²) < 4.78 is 19.9. The van der Waals surface area contributed by atoms with Crippen molar-refractivity contribution < 1.29 is 13.9 Å². The van der Waals surface area contributed by atoms with E-state index >= 15 is 0 Å². The van der Waals surface area contributed by atoms with Gasteiger partial charge in [-0.15, -0.1) is 0 Å². The van der Waals surface area contributed by atoms with Crippen molar-refractivity contribution in [3.05, 3.63) is 62.8 Å². The van der Waals surface area contributed by atoms with E-state index in [2.05, 4.69) is 15.9 Å². The van der Waals surface area contributed by atoms with Crippen molar-refractivity contribution in [1.82, 2.24) is 0 Å². The number of benzene rings is 2. The van der Waals surface area contributed by atoms with Crippen LogP contribution in [0, 0.1) is 5.82 Å². The molecule has 0 heterocycles. The zero-order valence-electron chi connectivity index (χ0n) is 10.6. The lowest BCUT2D eigenvalue weighted by Crippen LogP contribution is -2.03. The van der Waals surface area contributed by atoms with E-state index in [0.717, 1.165) is 4.47 Å². The van der Waals surface area contributed by atoms with Crippen LogP contribution in [0.4, 0.5) is 4.39 Å². The van der Waals surface area contributed by atoms with Crippen molar-refractivity contribution >= 4 is 33.3 Å². The second-order valence-corrected chi connectivity index (χ2v) is 5.57. The van der Waals surface area contributed by atoms with Crippen LogP contribution < -0.4 is 4.74 Å². The zero-order chi connectivity index (χ0) is 14.7. The summed E-state index contributed by atoms with van der Waals surface area (Å²) >= 11 is 9.12. The molecule has 0 aliphatic heterocycles. The van der Waals surface area contributed by atoms with Gasteiger partial charge in [-0.05, 0) is 43.3 Å². The molecule has 0 saturated carbocycles. The number of carbonyl (C=O) groups is 1. The smallest absolute Gasteiger partial charge is 0.163 e. The van der Waals surface area contributed by atoms with E-state index in [4.69, 9.17) is 16.3 Å². The maximum atomic E-state index is 13.6. The number of ether oxygens (including phenoxy) is 1. The van der Waals surface area contributed by atoms with E-state index in [9.17, 15) is 9.18 Å². The average molecular weight is 358 g/mol. The fourth-order valence-electron chi connectivity index (χ4n) is 1.71. The van der Waals surface area contributed by atoms with Crippen LogP contribution in [0.3, 0.4) is 0 Å². The largest absolute Gasteiger partial charge is 0.488 e. The molecule has 0 aliphatic carbocycles. The van der Waals surface area contributed by atoms with Gasteiger partial charge in [0.1, 0.15) is 18.2 Å². The minimum absolute atomic E-state index is 0.00824. The number of Topliss-reactive ketones (excluding diaryl/α,β-unsaturated/α-hetero) is 1. The van der Waals surface area contributed by atoms with Crippen molar-refractivity contribution in [2.24, 2.45) is 0 Å². The van der Waals surface area contributed by atoms with E-state index in [1.165, 1.54) is 25.1 Å². The second-order valence-electron chi connectivity index (χ2n) is 4.22. The normalized spacial score (nSPS) is 10.4. The SMILES string of the molecule is CC(=O)c1cc(Br)ccc1OCc1cc(Cl)ccc1F. The zero-order valence-corrected chi connectivity index (χ0v) is 13.0. The van der Waals surface area contributed by atoms with E-state index < -0.39 is 5.82 Å². The Bertz CT molecular complexity index is 658. The van der Waals surface area contributed by atoms with Crippen LogP contribution in [-0.2, 0) is 6.61 Å². The van der Waals surface area contributed by atoms with Gasteiger partial charge in [-0.3, -0.25) is 4.79 Å². The van der Waals surface area contributed by atoms with Crippen LogP contribution in [0.25, 0.3) is 0 Å². The van der Waals surface area contributed by atoms with Gasteiger partial charge in [0, 0.05) is 15.1 Å². The predicted octanol–water partition coefficient (Wildman–Crippen LogP) is 5.02. The number of carbonyl (C=O) groups excluding carboxylic acids is 1. The van der Waals surface area contributed by atoms with Crippen LogP contribution in [-0.4, -0.2) is 5.78 Å². The van der Waals surface area contributed by atoms with Gasteiger partial charge < -0.3 is 4.74 Å². The molecule has 0 atom stereocenters. The van der Waals surface area contributed by atoms with Gasteiger partial charge in [0.05, 0.1) is 5.56 Å². The van der Waals surface area contributed by atoms with E-state index in [0.29, 0.717) is 21.9 Å². The minimum atomic E-state index is -0.393. The first-order valence-electron chi connectivity index (χ1n) is 5.84. The van der Waals surface area contributed by atoms with Crippen LogP contribution in [0.5, 0.6) is 5.75 Å². The fraction of sp³-hybridized carbons (Fsp3) is 0.133. The van der Waals surface area contributed by atoms with Crippen LogP contribution in [0.2, 0.25) is 5.02 Å². The Labute approximate surface area is 129 Å². The van der Waals surface area contributed by atoms with Gasteiger partial charge in [0.15, 0.2) is 5.78 Å². The molecule has 0 saturated heterocycles. The van der Waals surface area contributed by atoms with Crippen LogP contribution in [0.1, 0.15) is 22.8 Å². The summed E-state index contributed by atoms with van der Waals surface area (Å²) in [5, 5.41) is 0.438. The molecule has 104 valence electrons. The molecule has 0 spiro atoms. The van der Waals surface area contributed by atoms with Crippen molar-refractivity contribution in [3.8, 4) is 5.75 Å². The number of halogens is 3. The van der Waals surface area contributed by atoms with Crippen LogP contribution >= 0.6 is 27.5 Å². The van der Waals surface area contributed by atoms with Gasteiger partial charge in [0.25, 0.3) is 0 Å². The molecule has 0 aromatic heterocycles. The lowest BCUT2D eigenvalue weighted by molar-refractivity contribution is 0.101. The van der Waals surface area contributed by atoms with Crippen molar-refractivity contribution in [2.45, 2.75) is 13.5 Å². The molecule has 2 aromatic rings. The third kappa shape index (κ3) is 3.58. The topological polar surface area (TPSA) is 26.3 Å². The molecule has 5 heteroatoms. The van der Waals surface area contributed by atoms with Crippen molar-refractivity contribution in [3.63, 3.8) is 0 Å². The molecule has 0 amide bonds. The third-order valence-corrected chi connectivity index (χ3v) is 3.44. The summed E-state index contributed by atoms with van der Waals surface area (Å²) in [7, 11) is 0. The maximum absolute atomic E-state index is 13.6. The highest BCUT2D eigenvalue weighted by atomic mass is 79.9. The van der Waals surface area contributed by atoms with Gasteiger partial charge >= 0.3 is 0 Å². The Kier molecular flexibility index (Phi) is 4.78. The highest BCUT2D eigenvalue weighted by Crippen LogP contribution is 2.25. The average Bonchev–Trinajstić information content (AvgIpc) is 2.40. The summed E-state index contributed by atoms with van der Waals surface area (Å²) in [6, 6.07) is 9.37. The molecule has 2 rings (SSSR count). The Balaban J connectivity index is 2.23. The Morgan fingerprint density at radius 3 is 2.75 bits per heavy atom. The molecule has 0 unspecified atom stereocenters. The first-order chi connectivity index (χ1) is 9.47. The van der Waals surface area contributed by atoms with E-state index in [-0.39, 0.29) is 12.4 Å². The van der Waals surface area contributed by atoms with Gasteiger partial charge in [0.2, 0.25) is 0 Å². The second kappa shape index (κ2) is 6.37. The fourth-order valence-corrected chi connectivity index (χ4v) is 2.27. The van der Waals surface area contributed by atoms with E-state index in [1.54, 1.807) is 18.2 Å². The summed E-state index contributed by atoms with van der Waals surface area (Å²) in [5.41, 5.74) is 0.789. The minimum Gasteiger partial charge on any atom is -0.488 e. The Morgan fingerprint density at radius 2 is 2.05 bits per heavy atom. The number of rotatable bonds is 4. The van der Waals surface area contributed by atoms with Crippen molar-refractivity contribution in [2.75, 3.05) is 0 Å². The molecular formula is C15H11BrClFO2. The monoisotopic (exact) mass is 356 g/mol. The Morgan fingerprint density at radius 1 is 1.30 bits per heavy atom. The quantitative estimate of drug-likeness (QED) is 0.718. The van der Waals surface area contributed by atoms with Gasteiger partial charge in [-0.2, -0.15) is 0 Å². The number of ketones is 1. The number of hydrogen-bond donors (Lipinski definition) is 0. The van der Waals surface area contributed by atoms with Gasteiger partial charge in [-0.1, -0.05) is 27.5 Å². The molecule has 0 fully saturated rings. The molecule has 0 bridgehead atoms. The Hall–Kier alpha value is -1.39. The molecule has 2 aromatic carbocycles. The molecule has 0 N–H and O–H groups in total. The standard InChI is InChI=1S/C15H11BrClFO2/c1-9(19)13-7-11(16)2-5-15(13)20-8-10-6-12(17)3-4-14(10)18/h2-7H,8H2,1H3. The van der Waals surface area contributed by atoms with Crippen molar-refractivity contribution in [1.29, 1.82) is 0 Å². The summed E-state index contributed by atoms with van der Waals surface area (Å²) in [4.78, 5) is 11.6. The summed E-state index contributed by atoms with van der Waals surface area (Å²) in [6.45, 7) is 1.46. The molecular weight excluding hydrogens is 347 g/mol. The first-order valence-corrected chi connectivity index (χ1v) is 7.01. The molecule has 20 heavy (non-hydrogen) atoms. The highest BCUT2D eigenvalue weighted by Gasteiger charge is 2.11. The lowest BCUT2D eigenvalue weighted by atomic mass is 10.1. The molecule has 0 radical (unpaired) electrons. The lowest BCUT2D eigenvalue weighted by Gasteiger charge is -2.11. The molecule has 2 nitrogen and oxygen atoms in total. The van der Waals surface area contributed by atoms with E-state index in [1.807, 2.05) is 0 Å². The summed E-state index contributed by atoms with van der Waals surface area (Å²) in [5.74, 6) is -0.0937. The number of hydrogen-bond acceptors (Lipinski definition) is 2. The first kappa shape index (κ1) is 15.0. The predicted molar refractivity (Wildman–Crippen MR) is 79.9 cm³/mol. The maximum Gasteiger partial charge on any atom is 0.163 e. The highest BCUT2D eigenvalue weighted by molar-refractivity contribution is 9.10. The third-order valence-electron chi connectivity index (χ3n) is 2.71.